The third-order valence-electron chi connectivity index (χ3n) is 2.16. The average Bonchev–Trinajstić information content (AvgIpc) is 2.34. The molecule has 1 fully saturated rings. The normalized spacial score (nSPS) is 32.9. The number of likely N-dealkylation sites (N-methyl/N-ethyl adjacent to an activating group) is 1. The van der Waals surface area contributed by atoms with Gasteiger partial charge in [0, 0.05) is 25.5 Å². The Bertz CT molecular complexity index is 199. The zero-order chi connectivity index (χ0) is 9.19. The number of hydrogen-bond donors (Lipinski definition) is 1. The molecule has 4 nitrogen and oxygen atoms in total. The minimum atomic E-state index is -2.44. The molecule has 0 aromatic carbocycles. The van der Waals surface area contributed by atoms with Crippen molar-refractivity contribution in [1.82, 2.24) is 14.4 Å². The molecular formula is C6H15ClN3OP. The van der Waals surface area contributed by atoms with E-state index in [4.69, 9.17) is 11.6 Å². The van der Waals surface area contributed by atoms with E-state index in [-0.39, 0.29) is 0 Å². The van der Waals surface area contributed by atoms with Gasteiger partial charge in [-0.3, -0.25) is 4.57 Å². The summed E-state index contributed by atoms with van der Waals surface area (Å²) in [5.74, 6) is 0.527. The van der Waals surface area contributed by atoms with Crippen LogP contribution in [0.25, 0.3) is 0 Å². The Balaban J connectivity index is 2.70. The van der Waals surface area contributed by atoms with Crippen molar-refractivity contribution in [2.24, 2.45) is 0 Å². The molecule has 1 unspecified atom stereocenters. The van der Waals surface area contributed by atoms with E-state index >= 15 is 0 Å². The van der Waals surface area contributed by atoms with Crippen LogP contribution in [0.1, 0.15) is 0 Å². The summed E-state index contributed by atoms with van der Waals surface area (Å²) in [7, 11) is 1.16. The van der Waals surface area contributed by atoms with E-state index in [1.165, 1.54) is 0 Å². The summed E-state index contributed by atoms with van der Waals surface area (Å²) >= 11 is 5.60. The summed E-state index contributed by atoms with van der Waals surface area (Å²) in [5.41, 5.74) is 0. The van der Waals surface area contributed by atoms with Gasteiger partial charge in [0.2, 0.25) is 0 Å². The van der Waals surface area contributed by atoms with Gasteiger partial charge < -0.3 is 0 Å². The summed E-state index contributed by atoms with van der Waals surface area (Å²) in [5, 5.41) is 2.87. The lowest BCUT2D eigenvalue weighted by Gasteiger charge is -2.26. The van der Waals surface area contributed by atoms with Crippen LogP contribution in [-0.4, -0.2) is 49.0 Å². The van der Waals surface area contributed by atoms with E-state index in [1.807, 2.05) is 16.4 Å². The van der Waals surface area contributed by atoms with Gasteiger partial charge in [0.05, 0.1) is 0 Å². The van der Waals surface area contributed by atoms with Crippen molar-refractivity contribution >= 4 is 19.2 Å². The Hall–Kier alpha value is 0.400. The molecule has 0 amide bonds. The maximum Gasteiger partial charge on any atom is 0.283 e. The van der Waals surface area contributed by atoms with Gasteiger partial charge in [0.25, 0.3) is 7.59 Å². The first-order chi connectivity index (χ1) is 5.65. The van der Waals surface area contributed by atoms with Crippen molar-refractivity contribution in [2.75, 3.05) is 39.6 Å². The number of hydrogen-bond acceptors (Lipinski definition) is 1. The highest BCUT2D eigenvalue weighted by Gasteiger charge is 2.38. The highest BCUT2D eigenvalue weighted by molar-refractivity contribution is 7.57. The van der Waals surface area contributed by atoms with Crippen molar-refractivity contribution in [3.63, 3.8) is 0 Å². The van der Waals surface area contributed by atoms with Gasteiger partial charge in [-0.1, -0.05) is 0 Å². The first kappa shape index (κ1) is 10.5. The zero-order valence-corrected chi connectivity index (χ0v) is 9.11. The molecule has 1 atom stereocenters. The molecule has 0 spiro atoms. The van der Waals surface area contributed by atoms with E-state index in [0.29, 0.717) is 12.4 Å². The zero-order valence-electron chi connectivity index (χ0n) is 7.46. The average molecular weight is 212 g/mol. The highest BCUT2D eigenvalue weighted by Crippen LogP contribution is 2.51. The Kier molecular flexibility index (Phi) is 3.56. The molecule has 12 heavy (non-hydrogen) atoms. The first-order valence-electron chi connectivity index (χ1n) is 3.97. The predicted octanol–water partition coefficient (Wildman–Crippen LogP) is 0.800. The van der Waals surface area contributed by atoms with Gasteiger partial charge >= 0.3 is 0 Å². The highest BCUT2D eigenvalue weighted by atomic mass is 35.5. The van der Waals surface area contributed by atoms with Crippen LogP contribution >= 0.6 is 19.2 Å². The number of nitrogens with zero attached hydrogens (tertiary/aromatic N) is 2. The Labute approximate surface area is 78.4 Å². The lowest BCUT2D eigenvalue weighted by atomic mass is 10.6. The molecule has 0 radical (unpaired) electrons. The molecule has 0 aromatic rings. The van der Waals surface area contributed by atoms with Crippen molar-refractivity contribution in [1.29, 1.82) is 0 Å². The number of halogens is 1. The van der Waals surface area contributed by atoms with Crippen LogP contribution in [0.3, 0.4) is 0 Å². The largest absolute Gasteiger partial charge is 0.283 e. The van der Waals surface area contributed by atoms with Crippen molar-refractivity contribution in [3.05, 3.63) is 0 Å². The second-order valence-corrected chi connectivity index (χ2v) is 5.95. The molecule has 0 bridgehead atoms. The van der Waals surface area contributed by atoms with E-state index in [9.17, 15) is 4.57 Å². The summed E-state index contributed by atoms with van der Waals surface area (Å²) in [6.07, 6.45) is 0. The summed E-state index contributed by atoms with van der Waals surface area (Å²) in [6, 6.07) is 0. The number of nitrogens with one attached hydrogen (secondary N) is 1. The molecule has 1 aliphatic rings. The predicted molar refractivity (Wildman–Crippen MR) is 51.6 cm³/mol. The molecule has 1 aliphatic heterocycles. The van der Waals surface area contributed by atoms with Gasteiger partial charge in [-0.25, -0.2) is 14.4 Å². The molecule has 1 N–H and O–H groups in total. The molecule has 0 aliphatic carbocycles. The van der Waals surface area contributed by atoms with Gasteiger partial charge in [0.15, 0.2) is 0 Å². The van der Waals surface area contributed by atoms with E-state index in [1.54, 1.807) is 7.05 Å². The third-order valence-corrected chi connectivity index (χ3v) is 5.21. The quantitative estimate of drug-likeness (QED) is 0.553. The Morgan fingerprint density at radius 3 is 2.75 bits per heavy atom. The fourth-order valence-corrected chi connectivity index (χ4v) is 3.87. The van der Waals surface area contributed by atoms with Gasteiger partial charge in [-0.2, -0.15) is 0 Å². The maximum atomic E-state index is 12.1. The van der Waals surface area contributed by atoms with E-state index < -0.39 is 7.59 Å². The fraction of sp³-hybridized carbons (Fsp3) is 1.00. The molecule has 72 valence electrons. The van der Waals surface area contributed by atoms with Gasteiger partial charge in [0.1, 0.15) is 0 Å². The third kappa shape index (κ3) is 1.68. The van der Waals surface area contributed by atoms with Crippen molar-refractivity contribution in [2.45, 2.75) is 0 Å². The summed E-state index contributed by atoms with van der Waals surface area (Å²) in [6.45, 7) is 2.36. The standard InChI is InChI=1S/C6H15ClN3OP/c1-8-12(11)9(2)5-6-10(12)4-3-7/h3-6H2,1-2H3,(H,8,11). The van der Waals surface area contributed by atoms with Crippen LogP contribution < -0.4 is 5.09 Å². The molecule has 1 rings (SSSR count). The first-order valence-corrected chi connectivity index (χ1v) is 6.12. The van der Waals surface area contributed by atoms with E-state index in [2.05, 4.69) is 5.09 Å². The van der Waals surface area contributed by atoms with Gasteiger partial charge in [-0.15, -0.1) is 11.6 Å². The molecule has 1 saturated heterocycles. The van der Waals surface area contributed by atoms with Crippen LogP contribution in [0.2, 0.25) is 0 Å². The SMILES string of the molecule is CNP1(=O)N(C)CCN1CCCl. The second kappa shape index (κ2) is 4.07. The number of alkyl halides is 1. The molecular weight excluding hydrogens is 197 g/mol. The monoisotopic (exact) mass is 211 g/mol. The topological polar surface area (TPSA) is 35.6 Å². The minimum absolute atomic E-state index is 0.527. The number of rotatable bonds is 3. The molecule has 1 heterocycles. The smallest absolute Gasteiger partial charge is 0.271 e. The summed E-state index contributed by atoms with van der Waals surface area (Å²) in [4.78, 5) is 0. The minimum Gasteiger partial charge on any atom is -0.271 e. The summed E-state index contributed by atoms with van der Waals surface area (Å²) < 4.78 is 15.9. The van der Waals surface area contributed by atoms with Crippen LogP contribution in [0.4, 0.5) is 0 Å². The Morgan fingerprint density at radius 1 is 1.58 bits per heavy atom. The second-order valence-electron chi connectivity index (χ2n) is 2.79. The Morgan fingerprint density at radius 2 is 2.25 bits per heavy atom. The van der Waals surface area contributed by atoms with Crippen molar-refractivity contribution < 1.29 is 4.57 Å². The van der Waals surface area contributed by atoms with Gasteiger partial charge in [-0.05, 0) is 14.1 Å². The molecule has 0 aromatic heterocycles. The maximum absolute atomic E-state index is 12.1. The van der Waals surface area contributed by atoms with E-state index in [0.717, 1.165) is 13.1 Å². The molecule has 6 heteroatoms. The van der Waals surface area contributed by atoms with Crippen LogP contribution in [0.15, 0.2) is 0 Å². The molecule has 0 saturated carbocycles. The van der Waals surface area contributed by atoms with Crippen LogP contribution in [0.5, 0.6) is 0 Å². The van der Waals surface area contributed by atoms with Crippen LogP contribution in [-0.2, 0) is 4.57 Å². The fourth-order valence-electron chi connectivity index (χ4n) is 1.40. The van der Waals surface area contributed by atoms with Crippen LogP contribution in [0, 0.1) is 0 Å². The lowest BCUT2D eigenvalue weighted by molar-refractivity contribution is 0.455. The van der Waals surface area contributed by atoms with Crippen molar-refractivity contribution in [3.8, 4) is 0 Å². The lowest BCUT2D eigenvalue weighted by Crippen LogP contribution is -2.26.